The number of nitrogens with two attached hydrogens (primary N) is 1. The van der Waals surface area contributed by atoms with Crippen LogP contribution in [0.4, 0.5) is 4.39 Å². The lowest BCUT2D eigenvalue weighted by Crippen LogP contribution is -2.30. The van der Waals surface area contributed by atoms with Crippen LogP contribution in [0.15, 0.2) is 24.3 Å². The highest BCUT2D eigenvalue weighted by Gasteiger charge is 2.21. The smallest absolute Gasteiger partial charge is 0.324 e. The summed E-state index contributed by atoms with van der Waals surface area (Å²) in [5.41, 5.74) is 2.81. The summed E-state index contributed by atoms with van der Waals surface area (Å²) >= 11 is 0. The summed E-state index contributed by atoms with van der Waals surface area (Å²) in [5.74, 6) is 4.75. The standard InChI is InChI=1S/C8H12FN2O3P/c9-7-3-1-6(2-4-7)8(11-10)5-15(12,13)14/h1-4,8,11H,5,10H2,(H2,12,13,14). The van der Waals surface area contributed by atoms with Gasteiger partial charge in [-0.25, -0.2) is 4.39 Å². The zero-order valence-corrected chi connectivity index (χ0v) is 8.69. The number of nitrogens with one attached hydrogen (secondary N) is 1. The maximum atomic E-state index is 12.6. The second-order valence-electron chi connectivity index (χ2n) is 3.12. The monoisotopic (exact) mass is 234 g/mol. The lowest BCUT2D eigenvalue weighted by atomic mass is 10.1. The fourth-order valence-corrected chi connectivity index (χ4v) is 1.98. The van der Waals surface area contributed by atoms with E-state index in [1.807, 2.05) is 0 Å². The Bertz CT molecular complexity index is 365. The molecular weight excluding hydrogens is 222 g/mol. The first kappa shape index (κ1) is 12.3. The molecule has 5 nitrogen and oxygen atoms in total. The van der Waals surface area contributed by atoms with Gasteiger partial charge in [0.25, 0.3) is 0 Å². The van der Waals surface area contributed by atoms with E-state index >= 15 is 0 Å². The van der Waals surface area contributed by atoms with Gasteiger partial charge < -0.3 is 9.79 Å². The minimum atomic E-state index is -4.15. The van der Waals surface area contributed by atoms with Gasteiger partial charge in [-0.2, -0.15) is 0 Å². The highest BCUT2D eigenvalue weighted by atomic mass is 31.2. The molecule has 0 aliphatic carbocycles. The fourth-order valence-electron chi connectivity index (χ4n) is 1.19. The van der Waals surface area contributed by atoms with E-state index in [2.05, 4.69) is 5.43 Å². The van der Waals surface area contributed by atoms with Crippen molar-refractivity contribution in [2.24, 2.45) is 5.84 Å². The van der Waals surface area contributed by atoms with E-state index in [-0.39, 0.29) is 0 Å². The van der Waals surface area contributed by atoms with E-state index in [0.717, 1.165) is 0 Å². The molecule has 0 amide bonds. The number of hydrazine groups is 1. The summed E-state index contributed by atoms with van der Waals surface area (Å²) in [7, 11) is -4.15. The van der Waals surface area contributed by atoms with Crippen molar-refractivity contribution in [1.82, 2.24) is 5.43 Å². The molecule has 0 spiro atoms. The molecule has 1 aromatic carbocycles. The molecule has 84 valence electrons. The van der Waals surface area contributed by atoms with E-state index in [1.54, 1.807) is 0 Å². The van der Waals surface area contributed by atoms with Crippen LogP contribution in [0.1, 0.15) is 11.6 Å². The minimum absolute atomic E-state index is 0.411. The van der Waals surface area contributed by atoms with E-state index in [9.17, 15) is 8.96 Å². The Hall–Kier alpha value is -0.780. The van der Waals surface area contributed by atoms with Crippen molar-refractivity contribution in [3.05, 3.63) is 35.6 Å². The Kier molecular flexibility index (Phi) is 3.96. The summed E-state index contributed by atoms with van der Waals surface area (Å²) in [5, 5.41) is 0. The van der Waals surface area contributed by atoms with E-state index in [4.69, 9.17) is 15.6 Å². The van der Waals surface area contributed by atoms with Crippen molar-refractivity contribution < 1.29 is 18.7 Å². The molecule has 0 aromatic heterocycles. The Labute approximate surface area is 86.2 Å². The summed E-state index contributed by atoms with van der Waals surface area (Å²) in [6.45, 7) is 0. The number of benzene rings is 1. The second kappa shape index (κ2) is 4.83. The van der Waals surface area contributed by atoms with Crippen LogP contribution in [0.3, 0.4) is 0 Å². The van der Waals surface area contributed by atoms with Gasteiger partial charge in [0.1, 0.15) is 5.82 Å². The fraction of sp³-hybridized carbons (Fsp3) is 0.250. The van der Waals surface area contributed by atoms with E-state index in [0.29, 0.717) is 5.56 Å². The van der Waals surface area contributed by atoms with Crippen LogP contribution in [0.25, 0.3) is 0 Å². The van der Waals surface area contributed by atoms with Gasteiger partial charge in [-0.05, 0) is 17.7 Å². The van der Waals surface area contributed by atoms with Crippen molar-refractivity contribution in [2.75, 3.05) is 6.16 Å². The van der Waals surface area contributed by atoms with Crippen molar-refractivity contribution in [1.29, 1.82) is 0 Å². The molecule has 0 saturated heterocycles. The highest BCUT2D eigenvalue weighted by Crippen LogP contribution is 2.38. The zero-order valence-electron chi connectivity index (χ0n) is 7.80. The molecule has 1 aromatic rings. The van der Waals surface area contributed by atoms with E-state index in [1.165, 1.54) is 24.3 Å². The lowest BCUT2D eigenvalue weighted by Gasteiger charge is -2.16. The molecule has 0 aliphatic heterocycles. The van der Waals surface area contributed by atoms with Crippen LogP contribution < -0.4 is 11.3 Å². The molecule has 15 heavy (non-hydrogen) atoms. The molecule has 7 heteroatoms. The Morgan fingerprint density at radius 3 is 2.33 bits per heavy atom. The third-order valence-electron chi connectivity index (χ3n) is 1.89. The molecule has 0 aliphatic rings. The first-order valence-electron chi connectivity index (χ1n) is 4.18. The number of hydrogen-bond acceptors (Lipinski definition) is 3. The second-order valence-corrected chi connectivity index (χ2v) is 4.81. The molecule has 0 bridgehead atoms. The SMILES string of the molecule is NNC(CP(=O)(O)O)c1ccc(F)cc1. The first-order valence-corrected chi connectivity index (χ1v) is 5.98. The average molecular weight is 234 g/mol. The van der Waals surface area contributed by atoms with Crippen LogP contribution in [-0.4, -0.2) is 15.9 Å². The number of hydrogen-bond donors (Lipinski definition) is 4. The molecule has 5 N–H and O–H groups in total. The van der Waals surface area contributed by atoms with E-state index < -0.39 is 25.6 Å². The third-order valence-corrected chi connectivity index (χ3v) is 2.73. The Morgan fingerprint density at radius 1 is 1.40 bits per heavy atom. The van der Waals surface area contributed by atoms with Gasteiger partial charge in [-0.3, -0.25) is 15.8 Å². The molecule has 0 radical (unpaired) electrons. The summed E-state index contributed by atoms with van der Waals surface area (Å²) in [4.78, 5) is 17.6. The van der Waals surface area contributed by atoms with Crippen molar-refractivity contribution in [3.63, 3.8) is 0 Å². The minimum Gasteiger partial charge on any atom is -0.324 e. The lowest BCUT2D eigenvalue weighted by molar-refractivity contribution is 0.364. The van der Waals surface area contributed by atoms with Gasteiger partial charge in [0.15, 0.2) is 0 Å². The normalized spacial score (nSPS) is 13.9. The maximum absolute atomic E-state index is 12.6. The third kappa shape index (κ3) is 4.07. The van der Waals surface area contributed by atoms with Crippen LogP contribution in [0.2, 0.25) is 0 Å². The van der Waals surface area contributed by atoms with Gasteiger partial charge in [0.05, 0.1) is 12.2 Å². The number of halogens is 1. The molecule has 0 heterocycles. The highest BCUT2D eigenvalue weighted by molar-refractivity contribution is 7.51. The molecule has 0 fully saturated rings. The van der Waals surface area contributed by atoms with Crippen LogP contribution in [0.5, 0.6) is 0 Å². The van der Waals surface area contributed by atoms with Crippen LogP contribution in [-0.2, 0) is 4.57 Å². The van der Waals surface area contributed by atoms with Crippen LogP contribution in [0, 0.1) is 5.82 Å². The van der Waals surface area contributed by atoms with Gasteiger partial charge in [0, 0.05) is 0 Å². The molecule has 1 unspecified atom stereocenters. The van der Waals surface area contributed by atoms with Gasteiger partial charge >= 0.3 is 7.60 Å². The largest absolute Gasteiger partial charge is 0.327 e. The topological polar surface area (TPSA) is 95.6 Å². The zero-order chi connectivity index (χ0) is 11.5. The molecular formula is C8H12FN2O3P. The molecule has 0 saturated carbocycles. The average Bonchev–Trinajstić information content (AvgIpc) is 2.14. The summed E-state index contributed by atoms with van der Waals surface area (Å²) in [6.07, 6.45) is -0.421. The Balaban J connectivity index is 2.83. The van der Waals surface area contributed by atoms with Gasteiger partial charge in [0.2, 0.25) is 0 Å². The van der Waals surface area contributed by atoms with Crippen molar-refractivity contribution >= 4 is 7.60 Å². The van der Waals surface area contributed by atoms with Crippen LogP contribution >= 0.6 is 7.60 Å². The molecule has 1 atom stereocenters. The predicted molar refractivity (Wildman–Crippen MR) is 53.4 cm³/mol. The first-order chi connectivity index (χ1) is 6.92. The maximum Gasteiger partial charge on any atom is 0.327 e. The van der Waals surface area contributed by atoms with Gasteiger partial charge in [-0.15, -0.1) is 0 Å². The quantitative estimate of drug-likeness (QED) is 0.346. The number of rotatable bonds is 4. The predicted octanol–water partition coefficient (Wildman–Crippen LogP) is 0.508. The molecule has 1 rings (SSSR count). The van der Waals surface area contributed by atoms with Gasteiger partial charge in [-0.1, -0.05) is 12.1 Å². The van der Waals surface area contributed by atoms with Crippen molar-refractivity contribution in [3.8, 4) is 0 Å². The summed E-state index contributed by atoms with van der Waals surface area (Å²) < 4.78 is 23.4. The summed E-state index contributed by atoms with van der Waals surface area (Å²) in [6, 6.07) is 4.58. The Morgan fingerprint density at radius 2 is 1.93 bits per heavy atom. The van der Waals surface area contributed by atoms with Crippen molar-refractivity contribution in [2.45, 2.75) is 6.04 Å².